The van der Waals surface area contributed by atoms with Gasteiger partial charge in [0, 0.05) is 12.0 Å². The van der Waals surface area contributed by atoms with Crippen molar-refractivity contribution in [2.75, 3.05) is 0 Å². The number of carbonyl (C=O) groups is 1. The lowest BCUT2D eigenvalue weighted by atomic mass is 9.90. The average molecular weight is 244 g/mol. The van der Waals surface area contributed by atoms with Gasteiger partial charge in [-0.05, 0) is 30.4 Å². The lowest BCUT2D eigenvalue weighted by Crippen LogP contribution is -2.11. The molecule has 1 N–H and O–H groups in total. The molecule has 0 aliphatic heterocycles. The minimum Gasteiger partial charge on any atom is -0.481 e. The fraction of sp³-hybridized carbons (Fsp3) is 0.417. The van der Waals surface area contributed by atoms with Crippen LogP contribution < -0.4 is 0 Å². The van der Waals surface area contributed by atoms with Crippen LogP contribution in [0.25, 0.3) is 0 Å². The first-order valence-corrected chi connectivity index (χ1v) is 5.35. The second kappa shape index (κ2) is 4.39. The summed E-state index contributed by atoms with van der Waals surface area (Å²) in [5.41, 5.74) is -0.0335. The largest absolute Gasteiger partial charge is 0.481 e. The Hall–Kier alpha value is -1.52. The van der Waals surface area contributed by atoms with Crippen LogP contribution in [0.2, 0.25) is 0 Å². The van der Waals surface area contributed by atoms with E-state index in [1.165, 1.54) is 0 Å². The van der Waals surface area contributed by atoms with E-state index in [-0.39, 0.29) is 17.9 Å². The fourth-order valence-electron chi connectivity index (χ4n) is 2.04. The van der Waals surface area contributed by atoms with Gasteiger partial charge in [0.05, 0.1) is 6.42 Å². The molecule has 0 amide bonds. The molecule has 1 aliphatic carbocycles. The number of carboxylic acid groups (broad SMARTS) is 1. The number of hydrogen-bond donors (Lipinski definition) is 1. The molecule has 17 heavy (non-hydrogen) atoms. The number of rotatable bonds is 4. The minimum atomic E-state index is -1.25. The molecule has 1 saturated carbocycles. The minimum absolute atomic E-state index is 0.0335. The molecule has 1 atom stereocenters. The van der Waals surface area contributed by atoms with Crippen molar-refractivity contribution in [3.63, 3.8) is 0 Å². The zero-order valence-electron chi connectivity index (χ0n) is 8.92. The first-order chi connectivity index (χ1) is 7.99. The molecule has 5 heteroatoms. The topological polar surface area (TPSA) is 37.3 Å². The van der Waals surface area contributed by atoms with E-state index in [0.717, 1.165) is 18.9 Å². The Kier molecular flexibility index (Phi) is 3.09. The van der Waals surface area contributed by atoms with E-state index in [1.807, 2.05) is 0 Å². The molecule has 0 spiro atoms. The summed E-state index contributed by atoms with van der Waals surface area (Å²) in [6.45, 7) is 0. The summed E-state index contributed by atoms with van der Waals surface area (Å²) in [5, 5.41) is 8.75. The van der Waals surface area contributed by atoms with Gasteiger partial charge in [-0.25, -0.2) is 13.2 Å². The molecule has 92 valence electrons. The van der Waals surface area contributed by atoms with Crippen molar-refractivity contribution in [3.8, 4) is 0 Å². The lowest BCUT2D eigenvalue weighted by molar-refractivity contribution is -0.137. The quantitative estimate of drug-likeness (QED) is 0.826. The SMILES string of the molecule is O=C(O)CC(c1cc(F)c(F)cc1F)C1CC1. The van der Waals surface area contributed by atoms with Crippen molar-refractivity contribution < 1.29 is 23.1 Å². The van der Waals surface area contributed by atoms with Gasteiger partial charge in [0.25, 0.3) is 0 Å². The Balaban J connectivity index is 2.35. The molecule has 0 bridgehead atoms. The Bertz CT molecular complexity index is 455. The zero-order valence-corrected chi connectivity index (χ0v) is 8.92. The van der Waals surface area contributed by atoms with Gasteiger partial charge >= 0.3 is 5.97 Å². The highest BCUT2D eigenvalue weighted by Gasteiger charge is 2.35. The summed E-state index contributed by atoms with van der Waals surface area (Å²) in [6.07, 6.45) is 1.35. The molecule has 2 nitrogen and oxygen atoms in total. The lowest BCUT2D eigenvalue weighted by Gasteiger charge is -2.15. The second-order valence-electron chi connectivity index (χ2n) is 4.33. The summed E-state index contributed by atoms with van der Waals surface area (Å²) in [7, 11) is 0. The molecule has 2 rings (SSSR count). The van der Waals surface area contributed by atoms with Crippen molar-refractivity contribution in [2.45, 2.75) is 25.2 Å². The van der Waals surface area contributed by atoms with Gasteiger partial charge in [-0.2, -0.15) is 0 Å². The third-order valence-electron chi connectivity index (χ3n) is 3.02. The van der Waals surface area contributed by atoms with E-state index in [0.29, 0.717) is 6.07 Å². The smallest absolute Gasteiger partial charge is 0.303 e. The number of benzene rings is 1. The molecule has 1 aliphatic rings. The first kappa shape index (κ1) is 12.0. The van der Waals surface area contributed by atoms with Crippen molar-refractivity contribution in [3.05, 3.63) is 35.1 Å². The first-order valence-electron chi connectivity index (χ1n) is 5.35. The van der Waals surface area contributed by atoms with Crippen LogP contribution in [-0.2, 0) is 4.79 Å². The van der Waals surface area contributed by atoms with Crippen LogP contribution in [0.1, 0.15) is 30.7 Å². The van der Waals surface area contributed by atoms with E-state index in [2.05, 4.69) is 0 Å². The third kappa shape index (κ3) is 2.60. The Morgan fingerprint density at radius 1 is 1.24 bits per heavy atom. The molecule has 0 heterocycles. The summed E-state index contributed by atoms with van der Waals surface area (Å²) in [4.78, 5) is 10.7. The number of hydrogen-bond acceptors (Lipinski definition) is 1. The number of aliphatic carboxylic acids is 1. The van der Waals surface area contributed by atoms with E-state index in [1.54, 1.807) is 0 Å². The molecule has 0 radical (unpaired) electrons. The highest BCUT2D eigenvalue weighted by molar-refractivity contribution is 5.68. The molecule has 1 fully saturated rings. The number of carboxylic acids is 1. The van der Waals surface area contributed by atoms with Gasteiger partial charge in [-0.15, -0.1) is 0 Å². The normalized spacial score (nSPS) is 16.9. The van der Waals surface area contributed by atoms with Crippen LogP contribution >= 0.6 is 0 Å². The Morgan fingerprint density at radius 3 is 2.35 bits per heavy atom. The van der Waals surface area contributed by atoms with Gasteiger partial charge in [0.15, 0.2) is 11.6 Å². The highest BCUT2D eigenvalue weighted by Crippen LogP contribution is 2.45. The van der Waals surface area contributed by atoms with Crippen molar-refractivity contribution in [1.29, 1.82) is 0 Å². The summed E-state index contributed by atoms with van der Waals surface area (Å²) < 4.78 is 39.3. The van der Waals surface area contributed by atoms with Crippen molar-refractivity contribution >= 4 is 5.97 Å². The fourth-order valence-corrected chi connectivity index (χ4v) is 2.04. The van der Waals surface area contributed by atoms with E-state index >= 15 is 0 Å². The van der Waals surface area contributed by atoms with Crippen molar-refractivity contribution in [2.24, 2.45) is 5.92 Å². The maximum absolute atomic E-state index is 13.5. The van der Waals surface area contributed by atoms with E-state index in [4.69, 9.17) is 5.11 Å². The maximum atomic E-state index is 13.5. The average Bonchev–Trinajstić information content (AvgIpc) is 3.04. The second-order valence-corrected chi connectivity index (χ2v) is 4.33. The van der Waals surface area contributed by atoms with Crippen LogP contribution in [0.5, 0.6) is 0 Å². The van der Waals surface area contributed by atoms with Gasteiger partial charge in [-0.3, -0.25) is 4.79 Å². The van der Waals surface area contributed by atoms with Crippen LogP contribution in [0.3, 0.4) is 0 Å². The number of halogens is 3. The zero-order chi connectivity index (χ0) is 12.6. The molecule has 1 unspecified atom stereocenters. The van der Waals surface area contributed by atoms with Crippen LogP contribution in [0.15, 0.2) is 12.1 Å². The predicted octanol–water partition coefficient (Wildman–Crippen LogP) is 3.07. The third-order valence-corrected chi connectivity index (χ3v) is 3.02. The maximum Gasteiger partial charge on any atom is 0.303 e. The van der Waals surface area contributed by atoms with Crippen molar-refractivity contribution in [1.82, 2.24) is 0 Å². The van der Waals surface area contributed by atoms with Gasteiger partial charge in [0.2, 0.25) is 0 Å². The van der Waals surface area contributed by atoms with E-state index < -0.39 is 29.3 Å². The monoisotopic (exact) mass is 244 g/mol. The van der Waals surface area contributed by atoms with Gasteiger partial charge in [-0.1, -0.05) is 0 Å². The van der Waals surface area contributed by atoms with Gasteiger partial charge in [0.1, 0.15) is 5.82 Å². The van der Waals surface area contributed by atoms with Gasteiger partial charge < -0.3 is 5.11 Å². The molecule has 1 aromatic carbocycles. The predicted molar refractivity (Wildman–Crippen MR) is 54.0 cm³/mol. The highest BCUT2D eigenvalue weighted by atomic mass is 19.2. The molecule has 0 saturated heterocycles. The summed E-state index contributed by atoms with van der Waals surface area (Å²) >= 11 is 0. The van der Waals surface area contributed by atoms with Crippen LogP contribution in [0.4, 0.5) is 13.2 Å². The van der Waals surface area contributed by atoms with Crippen LogP contribution in [-0.4, -0.2) is 11.1 Å². The Labute approximate surface area is 96.1 Å². The Morgan fingerprint density at radius 2 is 1.82 bits per heavy atom. The summed E-state index contributed by atoms with van der Waals surface area (Å²) in [5.74, 6) is -4.84. The van der Waals surface area contributed by atoms with Crippen LogP contribution in [0, 0.1) is 23.4 Å². The molecule has 1 aromatic rings. The molecule has 0 aromatic heterocycles. The molecular formula is C12H11F3O2. The summed E-state index contributed by atoms with van der Waals surface area (Å²) in [6, 6.07) is 1.25. The molecular weight excluding hydrogens is 233 g/mol. The standard InChI is InChI=1S/C12H11F3O2/c13-9-5-11(15)10(14)3-8(9)7(4-12(16)17)6-1-2-6/h3,5-7H,1-2,4H2,(H,16,17). The van der Waals surface area contributed by atoms with E-state index in [9.17, 15) is 18.0 Å².